The largest absolute Gasteiger partial charge is 0.478 e. The summed E-state index contributed by atoms with van der Waals surface area (Å²) in [4.78, 5) is 33.3. The van der Waals surface area contributed by atoms with Crippen molar-refractivity contribution >= 4 is 18.0 Å². The van der Waals surface area contributed by atoms with Gasteiger partial charge in [-0.25, -0.2) is 14.4 Å². The van der Waals surface area contributed by atoms with E-state index >= 15 is 0 Å². The Balaban J connectivity index is 2.32. The maximum atomic E-state index is 11.0. The van der Waals surface area contributed by atoms with Crippen LogP contribution in [-0.2, 0) is 19.1 Å². The molecule has 88 valence electrons. The molecule has 1 N–H and O–H groups in total. The molecule has 0 aromatic heterocycles. The van der Waals surface area contributed by atoms with Crippen molar-refractivity contribution < 1.29 is 29.0 Å². The lowest BCUT2D eigenvalue weighted by molar-refractivity contribution is -0.139. The Bertz CT molecular complexity index is 337. The molecule has 0 aromatic carbocycles. The minimum Gasteiger partial charge on any atom is -0.478 e. The summed E-state index contributed by atoms with van der Waals surface area (Å²) < 4.78 is 9.42. The van der Waals surface area contributed by atoms with Crippen LogP contribution in [-0.4, -0.2) is 54.3 Å². The zero-order chi connectivity index (χ0) is 12.1. The second-order valence-electron chi connectivity index (χ2n) is 3.14. The van der Waals surface area contributed by atoms with Gasteiger partial charge in [0.05, 0.1) is 0 Å². The van der Waals surface area contributed by atoms with Gasteiger partial charge < -0.3 is 19.5 Å². The van der Waals surface area contributed by atoms with Crippen molar-refractivity contribution in [1.82, 2.24) is 4.90 Å². The number of cyclic esters (lactones) is 1. The Labute approximate surface area is 91.2 Å². The van der Waals surface area contributed by atoms with Crippen LogP contribution in [0.4, 0.5) is 4.79 Å². The molecule has 1 aliphatic rings. The topological polar surface area (TPSA) is 93.1 Å². The van der Waals surface area contributed by atoms with Crippen LogP contribution in [0.2, 0.25) is 0 Å². The normalized spacial score (nSPS) is 19.9. The lowest BCUT2D eigenvalue weighted by Crippen LogP contribution is -2.33. The van der Waals surface area contributed by atoms with Crippen LogP contribution in [0, 0.1) is 0 Å². The monoisotopic (exact) mass is 229 g/mol. The third-order valence-electron chi connectivity index (χ3n) is 2.01. The fraction of sp³-hybridized carbons (Fsp3) is 0.444. The molecule has 1 fully saturated rings. The second kappa shape index (κ2) is 5.15. The van der Waals surface area contributed by atoms with Crippen LogP contribution in [0.5, 0.6) is 0 Å². The van der Waals surface area contributed by atoms with Gasteiger partial charge in [0, 0.05) is 19.2 Å². The van der Waals surface area contributed by atoms with Crippen molar-refractivity contribution in [3.63, 3.8) is 0 Å². The third-order valence-corrected chi connectivity index (χ3v) is 2.01. The highest BCUT2D eigenvalue weighted by Crippen LogP contribution is 2.09. The second-order valence-corrected chi connectivity index (χ2v) is 3.14. The molecule has 1 unspecified atom stereocenters. The molecule has 1 rings (SSSR count). The molecule has 7 heteroatoms. The van der Waals surface area contributed by atoms with Crippen LogP contribution in [0.1, 0.15) is 0 Å². The number of carboxylic acid groups (broad SMARTS) is 1. The number of likely N-dealkylation sites (N-methyl/N-ethyl adjacent to an activating group) is 1. The van der Waals surface area contributed by atoms with Gasteiger partial charge in [0.25, 0.3) is 0 Å². The van der Waals surface area contributed by atoms with E-state index in [9.17, 15) is 14.4 Å². The Morgan fingerprint density at radius 3 is 2.81 bits per heavy atom. The Kier molecular flexibility index (Phi) is 3.87. The SMILES string of the molecule is CN1C(=O)OCC1COC(=O)C=CC(=O)O. The van der Waals surface area contributed by atoms with E-state index in [1.807, 2.05) is 0 Å². The number of hydrogen-bond donors (Lipinski definition) is 1. The number of carbonyl (C=O) groups is 3. The first-order chi connectivity index (χ1) is 7.50. The Morgan fingerprint density at radius 2 is 2.31 bits per heavy atom. The van der Waals surface area contributed by atoms with Gasteiger partial charge in [-0.15, -0.1) is 0 Å². The van der Waals surface area contributed by atoms with Crippen molar-refractivity contribution in [3.8, 4) is 0 Å². The molecule has 0 radical (unpaired) electrons. The van der Waals surface area contributed by atoms with Gasteiger partial charge in [-0.3, -0.25) is 0 Å². The highest BCUT2D eigenvalue weighted by molar-refractivity contribution is 5.90. The summed E-state index contributed by atoms with van der Waals surface area (Å²) in [6.07, 6.45) is 1.02. The number of esters is 1. The van der Waals surface area contributed by atoms with Gasteiger partial charge in [-0.2, -0.15) is 0 Å². The molecular weight excluding hydrogens is 218 g/mol. The summed E-state index contributed by atoms with van der Waals surface area (Å²) in [6, 6.07) is -0.324. The van der Waals surface area contributed by atoms with Crippen LogP contribution in [0.25, 0.3) is 0 Å². The van der Waals surface area contributed by atoms with Crippen LogP contribution < -0.4 is 0 Å². The zero-order valence-corrected chi connectivity index (χ0v) is 8.58. The van der Waals surface area contributed by atoms with Gasteiger partial charge in [0.2, 0.25) is 0 Å². The highest BCUT2D eigenvalue weighted by atomic mass is 16.6. The average Bonchev–Trinajstić information content (AvgIpc) is 2.54. The Hall–Kier alpha value is -2.05. The number of nitrogens with zero attached hydrogens (tertiary/aromatic N) is 1. The van der Waals surface area contributed by atoms with Gasteiger partial charge in [-0.05, 0) is 0 Å². The van der Waals surface area contributed by atoms with Gasteiger partial charge in [0.1, 0.15) is 19.3 Å². The zero-order valence-electron chi connectivity index (χ0n) is 8.58. The van der Waals surface area contributed by atoms with Crippen molar-refractivity contribution in [1.29, 1.82) is 0 Å². The van der Waals surface area contributed by atoms with Crippen molar-refractivity contribution in [2.75, 3.05) is 20.3 Å². The predicted molar refractivity (Wildman–Crippen MR) is 50.6 cm³/mol. The van der Waals surface area contributed by atoms with E-state index in [2.05, 4.69) is 0 Å². The minimum atomic E-state index is -1.23. The number of rotatable bonds is 4. The molecule has 1 amide bonds. The molecular formula is C9H11NO6. The molecule has 1 saturated heterocycles. The first kappa shape index (κ1) is 12.0. The molecule has 1 heterocycles. The molecule has 16 heavy (non-hydrogen) atoms. The Morgan fingerprint density at radius 1 is 1.62 bits per heavy atom. The molecule has 0 saturated carbocycles. The van der Waals surface area contributed by atoms with E-state index in [1.165, 1.54) is 11.9 Å². The third kappa shape index (κ3) is 3.26. The number of hydrogen-bond acceptors (Lipinski definition) is 5. The summed E-state index contributed by atoms with van der Waals surface area (Å²) in [5.74, 6) is -2.00. The molecule has 0 aliphatic carbocycles. The van der Waals surface area contributed by atoms with E-state index in [0.29, 0.717) is 6.08 Å². The molecule has 1 atom stereocenters. The summed E-state index contributed by atoms with van der Waals surface area (Å²) in [5.41, 5.74) is 0. The smallest absolute Gasteiger partial charge is 0.410 e. The van der Waals surface area contributed by atoms with Gasteiger partial charge in [-0.1, -0.05) is 0 Å². The number of carboxylic acids is 1. The van der Waals surface area contributed by atoms with Crippen LogP contribution in [0.3, 0.4) is 0 Å². The summed E-state index contributed by atoms with van der Waals surface area (Å²) in [6.45, 7) is 0.135. The van der Waals surface area contributed by atoms with E-state index < -0.39 is 18.0 Å². The van der Waals surface area contributed by atoms with E-state index in [-0.39, 0.29) is 19.3 Å². The predicted octanol–water partition coefficient (Wildman–Crippen LogP) is -0.379. The summed E-state index contributed by atoms with van der Waals surface area (Å²) in [5, 5.41) is 8.25. The molecule has 7 nitrogen and oxygen atoms in total. The van der Waals surface area contributed by atoms with Crippen molar-refractivity contribution in [3.05, 3.63) is 12.2 Å². The lowest BCUT2D eigenvalue weighted by Gasteiger charge is -2.14. The minimum absolute atomic E-state index is 0.0228. The fourth-order valence-corrected chi connectivity index (χ4v) is 1.06. The van der Waals surface area contributed by atoms with Crippen LogP contribution >= 0.6 is 0 Å². The molecule has 0 spiro atoms. The lowest BCUT2D eigenvalue weighted by atomic mass is 10.3. The van der Waals surface area contributed by atoms with E-state index in [4.69, 9.17) is 14.6 Å². The van der Waals surface area contributed by atoms with E-state index in [1.54, 1.807) is 0 Å². The van der Waals surface area contributed by atoms with Gasteiger partial charge >= 0.3 is 18.0 Å². The quantitative estimate of drug-likeness (QED) is 0.521. The van der Waals surface area contributed by atoms with Gasteiger partial charge in [0.15, 0.2) is 0 Å². The molecule has 0 aromatic rings. The first-order valence-electron chi connectivity index (χ1n) is 4.48. The number of aliphatic carboxylic acids is 1. The standard InChI is InChI=1S/C9H11NO6/c1-10-6(5-16-9(10)14)4-15-8(13)3-2-7(11)12/h2-3,6H,4-5H2,1H3,(H,11,12). The summed E-state index contributed by atoms with van der Waals surface area (Å²) >= 11 is 0. The molecule has 1 aliphatic heterocycles. The number of amides is 1. The van der Waals surface area contributed by atoms with Crippen LogP contribution in [0.15, 0.2) is 12.2 Å². The summed E-state index contributed by atoms with van der Waals surface area (Å²) in [7, 11) is 1.53. The fourth-order valence-electron chi connectivity index (χ4n) is 1.06. The first-order valence-corrected chi connectivity index (χ1v) is 4.48. The van der Waals surface area contributed by atoms with Crippen molar-refractivity contribution in [2.24, 2.45) is 0 Å². The maximum absolute atomic E-state index is 11.0. The average molecular weight is 229 g/mol. The number of carbonyl (C=O) groups excluding carboxylic acids is 2. The van der Waals surface area contributed by atoms with Crippen molar-refractivity contribution in [2.45, 2.75) is 6.04 Å². The highest BCUT2D eigenvalue weighted by Gasteiger charge is 2.30. The van der Waals surface area contributed by atoms with E-state index in [0.717, 1.165) is 6.08 Å². The molecule has 0 bridgehead atoms. The maximum Gasteiger partial charge on any atom is 0.410 e. The number of ether oxygens (including phenoxy) is 2.